The molecule has 1 amide bonds. The molecule has 2 fully saturated rings. The van der Waals surface area contributed by atoms with Gasteiger partial charge in [-0.1, -0.05) is 0 Å². The van der Waals surface area contributed by atoms with E-state index >= 15 is 0 Å². The molecule has 8 nitrogen and oxygen atoms in total. The molecule has 3 heterocycles. The first-order chi connectivity index (χ1) is 13.1. The molecule has 1 aromatic heterocycles. The van der Waals surface area contributed by atoms with Crippen LogP contribution in [0.15, 0.2) is 6.07 Å². The SMILES string of the molecule is CC1CN(c2cc(N3CCN(C(=O)OC(C)(C)C)CC3)nc(Cl)n2)CC(C)O1. The predicted octanol–water partition coefficient (Wildman–Crippen LogP) is 2.80. The van der Waals surface area contributed by atoms with Crippen molar-refractivity contribution < 1.29 is 14.3 Å². The molecule has 0 N–H and O–H groups in total. The molecule has 0 bridgehead atoms. The molecule has 2 atom stereocenters. The Hall–Kier alpha value is -1.80. The summed E-state index contributed by atoms with van der Waals surface area (Å²) >= 11 is 6.22. The Morgan fingerprint density at radius 3 is 2.14 bits per heavy atom. The van der Waals surface area contributed by atoms with E-state index in [4.69, 9.17) is 21.1 Å². The van der Waals surface area contributed by atoms with Gasteiger partial charge in [-0.25, -0.2) is 14.8 Å². The van der Waals surface area contributed by atoms with Crippen LogP contribution in [0, 0.1) is 0 Å². The number of hydrogen-bond acceptors (Lipinski definition) is 7. The van der Waals surface area contributed by atoms with Crippen LogP contribution in [0.5, 0.6) is 0 Å². The van der Waals surface area contributed by atoms with Crippen LogP contribution >= 0.6 is 11.6 Å². The van der Waals surface area contributed by atoms with Crippen molar-refractivity contribution in [3.05, 3.63) is 11.3 Å². The second-order valence-electron chi connectivity index (χ2n) is 8.47. The fourth-order valence-corrected chi connectivity index (χ4v) is 3.70. The Labute approximate surface area is 171 Å². The monoisotopic (exact) mass is 411 g/mol. The second-order valence-corrected chi connectivity index (χ2v) is 8.81. The minimum Gasteiger partial charge on any atom is -0.444 e. The number of anilines is 2. The minimum atomic E-state index is -0.490. The van der Waals surface area contributed by atoms with Crippen LogP contribution in [0.2, 0.25) is 5.28 Å². The highest BCUT2D eigenvalue weighted by atomic mass is 35.5. The zero-order valence-corrected chi connectivity index (χ0v) is 18.1. The van der Waals surface area contributed by atoms with Crippen LogP contribution in [0.3, 0.4) is 0 Å². The van der Waals surface area contributed by atoms with Gasteiger partial charge < -0.3 is 24.2 Å². The number of carbonyl (C=O) groups is 1. The van der Waals surface area contributed by atoms with Crippen LogP contribution in [0.4, 0.5) is 16.4 Å². The van der Waals surface area contributed by atoms with Gasteiger partial charge in [0.15, 0.2) is 0 Å². The summed E-state index contributed by atoms with van der Waals surface area (Å²) in [5, 5.41) is 0.230. The fraction of sp³-hybridized carbons (Fsp3) is 0.737. The quantitative estimate of drug-likeness (QED) is 0.693. The molecule has 1 aromatic rings. The van der Waals surface area contributed by atoms with Crippen LogP contribution in [-0.2, 0) is 9.47 Å². The maximum Gasteiger partial charge on any atom is 0.410 e. The first-order valence-electron chi connectivity index (χ1n) is 9.78. The molecular formula is C19H30ClN5O3. The van der Waals surface area contributed by atoms with Gasteiger partial charge in [0.25, 0.3) is 0 Å². The van der Waals surface area contributed by atoms with Crippen molar-refractivity contribution in [2.24, 2.45) is 0 Å². The van der Waals surface area contributed by atoms with Crippen LogP contribution in [0.25, 0.3) is 0 Å². The zero-order chi connectivity index (χ0) is 20.5. The lowest BCUT2D eigenvalue weighted by Crippen LogP contribution is -2.50. The predicted molar refractivity (Wildman–Crippen MR) is 109 cm³/mol. The van der Waals surface area contributed by atoms with Crippen molar-refractivity contribution >= 4 is 29.3 Å². The number of halogens is 1. The van der Waals surface area contributed by atoms with Crippen LogP contribution < -0.4 is 9.80 Å². The average Bonchev–Trinajstić information content (AvgIpc) is 2.59. The first kappa shape index (κ1) is 20.9. The van der Waals surface area contributed by atoms with Gasteiger partial charge in [-0.15, -0.1) is 0 Å². The number of morpholine rings is 1. The standard InChI is InChI=1S/C19H30ClN5O3/c1-13-11-25(12-14(2)27-13)16-10-15(21-17(20)22-16)23-6-8-24(9-7-23)18(26)28-19(3,4)5/h10,13-14H,6-9,11-12H2,1-5H3. The molecule has 156 valence electrons. The van der Waals surface area contributed by atoms with Gasteiger partial charge in [0.2, 0.25) is 5.28 Å². The highest BCUT2D eigenvalue weighted by Crippen LogP contribution is 2.25. The molecule has 2 aliphatic heterocycles. The number of ether oxygens (including phenoxy) is 2. The Morgan fingerprint density at radius 1 is 1.07 bits per heavy atom. The molecule has 0 saturated carbocycles. The number of aromatic nitrogens is 2. The van der Waals surface area contributed by atoms with E-state index in [1.54, 1.807) is 4.90 Å². The molecule has 0 radical (unpaired) electrons. The number of carbonyl (C=O) groups excluding carboxylic acids is 1. The summed E-state index contributed by atoms with van der Waals surface area (Å²) in [6, 6.07) is 1.97. The highest BCUT2D eigenvalue weighted by Gasteiger charge is 2.28. The summed E-state index contributed by atoms with van der Waals surface area (Å²) in [7, 11) is 0. The van der Waals surface area contributed by atoms with Gasteiger partial charge in [0.1, 0.15) is 17.2 Å². The summed E-state index contributed by atoms with van der Waals surface area (Å²) in [4.78, 5) is 27.1. The molecule has 2 aliphatic rings. The lowest BCUT2D eigenvalue weighted by molar-refractivity contribution is -0.00547. The van der Waals surface area contributed by atoms with E-state index < -0.39 is 5.60 Å². The van der Waals surface area contributed by atoms with E-state index in [0.717, 1.165) is 24.7 Å². The normalized spacial score (nSPS) is 23.7. The highest BCUT2D eigenvalue weighted by molar-refractivity contribution is 6.28. The number of hydrogen-bond donors (Lipinski definition) is 0. The molecule has 0 aliphatic carbocycles. The van der Waals surface area contributed by atoms with Crippen molar-refractivity contribution in [1.82, 2.24) is 14.9 Å². The molecule has 28 heavy (non-hydrogen) atoms. The first-order valence-corrected chi connectivity index (χ1v) is 10.2. The van der Waals surface area contributed by atoms with E-state index in [2.05, 4.69) is 33.6 Å². The molecule has 3 rings (SSSR count). The van der Waals surface area contributed by atoms with Gasteiger partial charge in [-0.05, 0) is 46.2 Å². The van der Waals surface area contributed by atoms with E-state index in [0.29, 0.717) is 26.2 Å². The lowest BCUT2D eigenvalue weighted by Gasteiger charge is -2.38. The molecule has 0 spiro atoms. The Balaban J connectivity index is 1.67. The molecule has 2 saturated heterocycles. The Morgan fingerprint density at radius 2 is 1.61 bits per heavy atom. The van der Waals surface area contributed by atoms with Gasteiger partial charge in [-0.3, -0.25) is 0 Å². The van der Waals surface area contributed by atoms with Crippen molar-refractivity contribution in [3.63, 3.8) is 0 Å². The Bertz CT molecular complexity index is 693. The molecule has 2 unspecified atom stereocenters. The summed E-state index contributed by atoms with van der Waals surface area (Å²) in [5.41, 5.74) is -0.490. The summed E-state index contributed by atoms with van der Waals surface area (Å²) < 4.78 is 11.3. The van der Waals surface area contributed by atoms with Gasteiger partial charge in [0.05, 0.1) is 12.2 Å². The maximum atomic E-state index is 12.3. The van der Waals surface area contributed by atoms with Crippen molar-refractivity contribution in [2.75, 3.05) is 49.1 Å². The van der Waals surface area contributed by atoms with Gasteiger partial charge in [0, 0.05) is 45.3 Å². The van der Waals surface area contributed by atoms with Crippen molar-refractivity contribution in [3.8, 4) is 0 Å². The van der Waals surface area contributed by atoms with Crippen LogP contribution in [0.1, 0.15) is 34.6 Å². The summed E-state index contributed by atoms with van der Waals surface area (Å²) in [5.74, 6) is 1.59. The van der Waals surface area contributed by atoms with Crippen molar-refractivity contribution in [2.45, 2.75) is 52.4 Å². The molecule has 9 heteroatoms. The smallest absolute Gasteiger partial charge is 0.410 e. The van der Waals surface area contributed by atoms with E-state index in [1.165, 1.54) is 0 Å². The van der Waals surface area contributed by atoms with E-state index in [1.807, 2.05) is 26.8 Å². The summed E-state index contributed by atoms with van der Waals surface area (Å²) in [6.07, 6.45) is 0.00137. The average molecular weight is 412 g/mol. The second kappa shape index (κ2) is 8.29. The third kappa shape index (κ3) is 5.38. The minimum absolute atomic E-state index is 0.137. The zero-order valence-electron chi connectivity index (χ0n) is 17.3. The van der Waals surface area contributed by atoms with Crippen molar-refractivity contribution in [1.29, 1.82) is 0 Å². The number of piperazine rings is 1. The largest absolute Gasteiger partial charge is 0.444 e. The van der Waals surface area contributed by atoms with E-state index in [-0.39, 0.29) is 23.6 Å². The maximum absolute atomic E-state index is 12.3. The molecule has 0 aromatic carbocycles. The third-order valence-electron chi connectivity index (χ3n) is 4.67. The van der Waals surface area contributed by atoms with Gasteiger partial charge >= 0.3 is 6.09 Å². The topological polar surface area (TPSA) is 71.0 Å². The number of amides is 1. The lowest BCUT2D eigenvalue weighted by atomic mass is 10.2. The van der Waals surface area contributed by atoms with Crippen LogP contribution in [-0.4, -0.2) is 78.0 Å². The Kier molecular flexibility index (Phi) is 6.19. The van der Waals surface area contributed by atoms with E-state index in [9.17, 15) is 4.79 Å². The number of nitrogens with zero attached hydrogens (tertiary/aromatic N) is 5. The van der Waals surface area contributed by atoms with Gasteiger partial charge in [-0.2, -0.15) is 0 Å². The number of rotatable bonds is 2. The fourth-order valence-electron chi connectivity index (χ4n) is 3.53. The summed E-state index contributed by atoms with van der Waals surface area (Å²) in [6.45, 7) is 13.8. The third-order valence-corrected chi connectivity index (χ3v) is 4.84. The molecular weight excluding hydrogens is 382 g/mol.